The van der Waals surface area contributed by atoms with Gasteiger partial charge in [0.05, 0.1) is 13.3 Å². The maximum atomic E-state index is 5.34. The van der Waals surface area contributed by atoms with E-state index in [4.69, 9.17) is 9.26 Å². The first-order valence-electron chi connectivity index (χ1n) is 5.58. The normalized spacial score (nSPS) is 10.5. The third kappa shape index (κ3) is 2.47. The van der Waals surface area contributed by atoms with Gasteiger partial charge < -0.3 is 14.6 Å². The van der Waals surface area contributed by atoms with Gasteiger partial charge in [-0.2, -0.15) is 0 Å². The highest BCUT2D eigenvalue weighted by Crippen LogP contribution is 2.31. The molecule has 90 valence electrons. The maximum absolute atomic E-state index is 5.34. The topological polar surface area (TPSA) is 47.3 Å². The summed E-state index contributed by atoms with van der Waals surface area (Å²) in [5.74, 6) is 1.71. The number of nitrogens with zero attached hydrogens (tertiary/aromatic N) is 1. The predicted octanol–water partition coefficient (Wildman–Crippen LogP) is 2.11. The Hall–Kier alpha value is -1.81. The van der Waals surface area contributed by atoms with E-state index in [0.717, 1.165) is 35.6 Å². The molecular weight excluding hydrogens is 216 g/mol. The van der Waals surface area contributed by atoms with Crippen LogP contribution >= 0.6 is 0 Å². The molecule has 0 bridgehead atoms. The lowest BCUT2D eigenvalue weighted by Gasteiger charge is -2.07. The summed E-state index contributed by atoms with van der Waals surface area (Å²) in [6.45, 7) is 0.858. The molecule has 0 radical (unpaired) electrons. The average Bonchev–Trinajstić information content (AvgIpc) is 2.84. The Balaban J connectivity index is 2.35. The molecule has 4 nitrogen and oxygen atoms in total. The smallest absolute Gasteiger partial charge is 0.145 e. The second-order valence-electron chi connectivity index (χ2n) is 3.72. The molecule has 0 spiro atoms. The van der Waals surface area contributed by atoms with Crippen LogP contribution in [0.25, 0.3) is 11.1 Å². The number of para-hydroxylation sites is 1. The quantitative estimate of drug-likeness (QED) is 0.857. The van der Waals surface area contributed by atoms with Crippen molar-refractivity contribution in [3.8, 4) is 16.9 Å². The second-order valence-corrected chi connectivity index (χ2v) is 3.72. The minimum atomic E-state index is 0.809. The van der Waals surface area contributed by atoms with Crippen LogP contribution in [0.4, 0.5) is 0 Å². The van der Waals surface area contributed by atoms with Crippen molar-refractivity contribution in [3.63, 3.8) is 0 Å². The summed E-state index contributed by atoms with van der Waals surface area (Å²) in [4.78, 5) is 0. The van der Waals surface area contributed by atoms with Crippen molar-refractivity contribution in [1.82, 2.24) is 10.5 Å². The predicted molar refractivity (Wildman–Crippen MR) is 66.1 cm³/mol. The van der Waals surface area contributed by atoms with Crippen LogP contribution in [0.1, 0.15) is 5.76 Å². The van der Waals surface area contributed by atoms with Gasteiger partial charge in [-0.1, -0.05) is 23.4 Å². The molecule has 2 aromatic rings. The van der Waals surface area contributed by atoms with E-state index in [-0.39, 0.29) is 0 Å². The standard InChI is InChI=1S/C13H16N2O2/c1-14-8-7-13-11(9-15-17-13)10-5-3-4-6-12(10)16-2/h3-6,9,14H,7-8H2,1-2H3. The summed E-state index contributed by atoms with van der Waals surface area (Å²) < 4.78 is 10.6. The van der Waals surface area contributed by atoms with Gasteiger partial charge in [-0.3, -0.25) is 0 Å². The highest BCUT2D eigenvalue weighted by molar-refractivity contribution is 5.71. The fourth-order valence-electron chi connectivity index (χ4n) is 1.77. The number of likely N-dealkylation sites (N-methyl/N-ethyl adjacent to an activating group) is 1. The van der Waals surface area contributed by atoms with Crippen molar-refractivity contribution < 1.29 is 9.26 Å². The van der Waals surface area contributed by atoms with Gasteiger partial charge in [0.15, 0.2) is 0 Å². The van der Waals surface area contributed by atoms with Crippen molar-refractivity contribution >= 4 is 0 Å². The van der Waals surface area contributed by atoms with Gasteiger partial charge in [0.1, 0.15) is 11.5 Å². The fraction of sp³-hybridized carbons (Fsp3) is 0.308. The lowest BCUT2D eigenvalue weighted by Crippen LogP contribution is -2.10. The molecule has 0 atom stereocenters. The van der Waals surface area contributed by atoms with Crippen LogP contribution in [0.3, 0.4) is 0 Å². The van der Waals surface area contributed by atoms with Gasteiger partial charge in [0.2, 0.25) is 0 Å². The molecule has 1 N–H and O–H groups in total. The maximum Gasteiger partial charge on any atom is 0.145 e. The van der Waals surface area contributed by atoms with Crippen molar-refractivity contribution in [2.24, 2.45) is 0 Å². The SMILES string of the molecule is CNCCc1oncc1-c1ccccc1OC. The highest BCUT2D eigenvalue weighted by Gasteiger charge is 2.13. The molecule has 0 saturated heterocycles. The summed E-state index contributed by atoms with van der Waals surface area (Å²) >= 11 is 0. The van der Waals surface area contributed by atoms with E-state index in [0.29, 0.717) is 0 Å². The average molecular weight is 232 g/mol. The number of aromatic nitrogens is 1. The van der Waals surface area contributed by atoms with Crippen LogP contribution in [-0.4, -0.2) is 25.9 Å². The Morgan fingerprint density at radius 1 is 1.29 bits per heavy atom. The summed E-state index contributed by atoms with van der Waals surface area (Å²) in [6.07, 6.45) is 2.55. The summed E-state index contributed by atoms with van der Waals surface area (Å²) in [6, 6.07) is 7.87. The highest BCUT2D eigenvalue weighted by atomic mass is 16.5. The zero-order chi connectivity index (χ0) is 12.1. The van der Waals surface area contributed by atoms with Gasteiger partial charge >= 0.3 is 0 Å². The van der Waals surface area contributed by atoms with Gasteiger partial charge in [0, 0.05) is 24.1 Å². The van der Waals surface area contributed by atoms with Crippen LogP contribution < -0.4 is 10.1 Å². The van der Waals surface area contributed by atoms with E-state index < -0.39 is 0 Å². The molecule has 1 heterocycles. The minimum Gasteiger partial charge on any atom is -0.496 e. The first kappa shape index (κ1) is 11.7. The minimum absolute atomic E-state index is 0.809. The monoisotopic (exact) mass is 232 g/mol. The zero-order valence-corrected chi connectivity index (χ0v) is 10.1. The molecule has 2 rings (SSSR count). The number of hydrogen-bond donors (Lipinski definition) is 1. The first-order valence-corrected chi connectivity index (χ1v) is 5.58. The molecule has 0 aliphatic heterocycles. The summed E-state index contributed by atoms with van der Waals surface area (Å²) in [5.41, 5.74) is 2.01. The fourth-order valence-corrected chi connectivity index (χ4v) is 1.77. The van der Waals surface area contributed by atoms with E-state index in [1.54, 1.807) is 13.3 Å². The molecular formula is C13H16N2O2. The number of ether oxygens (including phenoxy) is 1. The Morgan fingerprint density at radius 2 is 2.12 bits per heavy atom. The number of hydrogen-bond acceptors (Lipinski definition) is 4. The molecule has 0 unspecified atom stereocenters. The van der Waals surface area contributed by atoms with Crippen LogP contribution in [-0.2, 0) is 6.42 Å². The first-order chi connectivity index (χ1) is 8.36. The Morgan fingerprint density at radius 3 is 2.88 bits per heavy atom. The summed E-state index contributed by atoms with van der Waals surface area (Å²) in [5, 5.41) is 6.96. The van der Waals surface area contributed by atoms with Gasteiger partial charge in [-0.05, 0) is 13.1 Å². The molecule has 4 heteroatoms. The second kappa shape index (κ2) is 5.50. The third-order valence-corrected chi connectivity index (χ3v) is 2.64. The zero-order valence-electron chi connectivity index (χ0n) is 10.1. The number of benzene rings is 1. The Labute approximate surface area is 101 Å². The Kier molecular flexibility index (Phi) is 3.77. The van der Waals surface area contributed by atoms with E-state index in [2.05, 4.69) is 10.5 Å². The van der Waals surface area contributed by atoms with Crippen molar-refractivity contribution in [2.75, 3.05) is 20.7 Å². The van der Waals surface area contributed by atoms with E-state index in [1.165, 1.54) is 0 Å². The summed E-state index contributed by atoms with van der Waals surface area (Å²) in [7, 11) is 3.58. The van der Waals surface area contributed by atoms with Crippen molar-refractivity contribution in [3.05, 3.63) is 36.2 Å². The van der Waals surface area contributed by atoms with Crippen LogP contribution in [0.15, 0.2) is 35.0 Å². The lowest BCUT2D eigenvalue weighted by molar-refractivity contribution is 0.382. The number of rotatable bonds is 5. The Bertz CT molecular complexity index is 480. The van der Waals surface area contributed by atoms with Crippen LogP contribution in [0.2, 0.25) is 0 Å². The molecule has 1 aromatic heterocycles. The lowest BCUT2D eigenvalue weighted by atomic mass is 10.0. The van der Waals surface area contributed by atoms with E-state index in [9.17, 15) is 0 Å². The largest absolute Gasteiger partial charge is 0.496 e. The van der Waals surface area contributed by atoms with Crippen molar-refractivity contribution in [2.45, 2.75) is 6.42 Å². The molecule has 0 fully saturated rings. The van der Waals surface area contributed by atoms with Gasteiger partial charge in [-0.25, -0.2) is 0 Å². The van der Waals surface area contributed by atoms with Crippen LogP contribution in [0, 0.1) is 0 Å². The number of nitrogens with one attached hydrogen (secondary N) is 1. The number of methoxy groups -OCH3 is 1. The molecule has 0 aliphatic rings. The molecule has 17 heavy (non-hydrogen) atoms. The third-order valence-electron chi connectivity index (χ3n) is 2.64. The molecule has 0 aliphatic carbocycles. The van der Waals surface area contributed by atoms with E-state index in [1.807, 2.05) is 31.3 Å². The van der Waals surface area contributed by atoms with Crippen LogP contribution in [0.5, 0.6) is 5.75 Å². The molecule has 1 aromatic carbocycles. The van der Waals surface area contributed by atoms with Gasteiger partial charge in [-0.15, -0.1) is 0 Å². The van der Waals surface area contributed by atoms with E-state index >= 15 is 0 Å². The molecule has 0 saturated carbocycles. The van der Waals surface area contributed by atoms with Gasteiger partial charge in [0.25, 0.3) is 0 Å². The van der Waals surface area contributed by atoms with Crippen molar-refractivity contribution in [1.29, 1.82) is 0 Å². The molecule has 0 amide bonds.